The fraction of sp³-hybridized carbons (Fsp3) is 0.667. The topological polar surface area (TPSA) is 67.3 Å². The Hall–Kier alpha value is -1.01. The molecule has 1 aromatic heterocycles. The van der Waals surface area contributed by atoms with E-state index in [2.05, 4.69) is 15.3 Å². The molecular weight excluding hydrogens is 250 g/mol. The van der Waals surface area contributed by atoms with Crippen LogP contribution in [0, 0.1) is 0 Å². The summed E-state index contributed by atoms with van der Waals surface area (Å²) in [6, 6.07) is 1.83. The first-order chi connectivity index (χ1) is 8.71. The number of aliphatic hydroxyl groups excluding tert-OH is 1. The molecule has 0 aliphatic carbocycles. The lowest BCUT2D eigenvalue weighted by Gasteiger charge is -2.21. The van der Waals surface area contributed by atoms with E-state index >= 15 is 0 Å². The molecule has 1 aromatic rings. The van der Waals surface area contributed by atoms with Crippen LogP contribution in [0.2, 0.25) is 0 Å². The summed E-state index contributed by atoms with van der Waals surface area (Å²) in [4.78, 5) is 8.41. The predicted octanol–water partition coefficient (Wildman–Crippen LogP) is 1.79. The molecule has 6 heteroatoms. The van der Waals surface area contributed by atoms with Crippen LogP contribution in [0.3, 0.4) is 0 Å². The van der Waals surface area contributed by atoms with E-state index in [0.29, 0.717) is 18.4 Å². The van der Waals surface area contributed by atoms with Crippen molar-refractivity contribution in [2.75, 3.05) is 24.8 Å². The molecule has 18 heavy (non-hydrogen) atoms. The van der Waals surface area contributed by atoms with E-state index in [1.807, 2.05) is 20.1 Å². The van der Waals surface area contributed by atoms with E-state index < -0.39 is 0 Å². The molecule has 1 rings (SSSR count). The second-order valence-corrected chi connectivity index (χ2v) is 5.03. The molecule has 0 aliphatic heterocycles. The van der Waals surface area contributed by atoms with Crippen LogP contribution in [0.5, 0.6) is 5.88 Å². The Bertz CT molecular complexity index is 348. The van der Waals surface area contributed by atoms with E-state index in [9.17, 15) is 5.11 Å². The average Bonchev–Trinajstić information content (AvgIpc) is 2.38. The van der Waals surface area contributed by atoms with Gasteiger partial charge < -0.3 is 15.2 Å². The van der Waals surface area contributed by atoms with Crippen molar-refractivity contribution < 1.29 is 9.84 Å². The van der Waals surface area contributed by atoms with Crippen LogP contribution in [0.25, 0.3) is 0 Å². The minimum atomic E-state index is 0.0893. The zero-order valence-corrected chi connectivity index (χ0v) is 11.9. The highest BCUT2D eigenvalue weighted by Crippen LogP contribution is 2.15. The Balaban J connectivity index is 2.60. The van der Waals surface area contributed by atoms with E-state index in [1.54, 1.807) is 24.0 Å². The standard InChI is InChI=1S/C12H21N3O2S/c1-4-7-17-11-5-6-13-12(15-11)14-9(2)10(8-16)18-3/h5-6,9-10,16H,4,7-8H2,1-3H3,(H,13,14,15). The molecule has 2 N–H and O–H groups in total. The third-order valence-electron chi connectivity index (χ3n) is 2.48. The van der Waals surface area contributed by atoms with E-state index in [-0.39, 0.29) is 17.9 Å². The normalized spacial score (nSPS) is 14.0. The Morgan fingerprint density at radius 1 is 1.56 bits per heavy atom. The molecule has 5 nitrogen and oxygen atoms in total. The molecule has 0 spiro atoms. The number of nitrogens with one attached hydrogen (secondary N) is 1. The number of hydrogen-bond acceptors (Lipinski definition) is 6. The highest BCUT2D eigenvalue weighted by Gasteiger charge is 2.16. The van der Waals surface area contributed by atoms with Crippen LogP contribution in [0.1, 0.15) is 20.3 Å². The van der Waals surface area contributed by atoms with Crippen molar-refractivity contribution in [2.24, 2.45) is 0 Å². The Morgan fingerprint density at radius 3 is 2.94 bits per heavy atom. The largest absolute Gasteiger partial charge is 0.478 e. The minimum absolute atomic E-state index is 0.0893. The number of hydrogen-bond donors (Lipinski definition) is 2. The molecular formula is C12H21N3O2S. The average molecular weight is 271 g/mol. The fourth-order valence-corrected chi connectivity index (χ4v) is 2.06. The third-order valence-corrected chi connectivity index (χ3v) is 3.64. The lowest BCUT2D eigenvalue weighted by atomic mass is 10.2. The first-order valence-corrected chi connectivity index (χ1v) is 7.36. The van der Waals surface area contributed by atoms with Gasteiger partial charge in [-0.15, -0.1) is 0 Å². The second-order valence-electron chi connectivity index (χ2n) is 3.96. The minimum Gasteiger partial charge on any atom is -0.478 e. The number of aromatic nitrogens is 2. The second kappa shape index (κ2) is 8.16. The zero-order valence-electron chi connectivity index (χ0n) is 11.1. The Kier molecular flexibility index (Phi) is 6.82. The highest BCUT2D eigenvalue weighted by molar-refractivity contribution is 7.99. The van der Waals surface area contributed by atoms with Gasteiger partial charge in [-0.3, -0.25) is 0 Å². The van der Waals surface area contributed by atoms with Gasteiger partial charge in [0.2, 0.25) is 11.8 Å². The van der Waals surface area contributed by atoms with Gasteiger partial charge in [0.15, 0.2) is 0 Å². The van der Waals surface area contributed by atoms with E-state index in [4.69, 9.17) is 4.74 Å². The Morgan fingerprint density at radius 2 is 2.33 bits per heavy atom. The van der Waals surface area contributed by atoms with Crippen molar-refractivity contribution in [3.05, 3.63) is 12.3 Å². The summed E-state index contributed by atoms with van der Waals surface area (Å²) >= 11 is 1.62. The lowest BCUT2D eigenvalue weighted by molar-refractivity contribution is 0.288. The monoisotopic (exact) mass is 271 g/mol. The van der Waals surface area contributed by atoms with Crippen LogP contribution >= 0.6 is 11.8 Å². The number of thioether (sulfide) groups is 1. The van der Waals surface area contributed by atoms with Crippen LogP contribution in [0.4, 0.5) is 5.95 Å². The van der Waals surface area contributed by atoms with Gasteiger partial charge in [0.1, 0.15) is 0 Å². The first-order valence-electron chi connectivity index (χ1n) is 6.07. The van der Waals surface area contributed by atoms with Crippen molar-refractivity contribution in [3.8, 4) is 5.88 Å². The zero-order chi connectivity index (χ0) is 13.4. The number of anilines is 1. The lowest BCUT2D eigenvalue weighted by Crippen LogP contribution is -2.31. The maximum atomic E-state index is 9.22. The summed E-state index contributed by atoms with van der Waals surface area (Å²) < 4.78 is 5.44. The summed E-state index contributed by atoms with van der Waals surface area (Å²) in [7, 11) is 0. The first kappa shape index (κ1) is 15.0. The SMILES string of the molecule is CCCOc1ccnc(NC(C)C(CO)SC)n1. The quantitative estimate of drug-likeness (QED) is 0.751. The molecule has 2 unspecified atom stereocenters. The summed E-state index contributed by atoms with van der Waals surface area (Å²) in [6.07, 6.45) is 4.59. The van der Waals surface area contributed by atoms with Crippen LogP contribution < -0.4 is 10.1 Å². The summed E-state index contributed by atoms with van der Waals surface area (Å²) in [5, 5.41) is 12.5. The molecule has 0 radical (unpaired) electrons. The molecule has 0 saturated carbocycles. The molecule has 1 heterocycles. The van der Waals surface area contributed by atoms with E-state index in [1.165, 1.54) is 0 Å². The number of nitrogens with zero attached hydrogens (tertiary/aromatic N) is 2. The van der Waals surface area contributed by atoms with Crippen LogP contribution in [0.15, 0.2) is 12.3 Å². The van der Waals surface area contributed by atoms with Crippen molar-refractivity contribution in [2.45, 2.75) is 31.6 Å². The number of ether oxygens (including phenoxy) is 1. The maximum absolute atomic E-state index is 9.22. The van der Waals surface area contributed by atoms with Crippen molar-refractivity contribution in [3.63, 3.8) is 0 Å². The van der Waals surface area contributed by atoms with Gasteiger partial charge in [0, 0.05) is 23.6 Å². The van der Waals surface area contributed by atoms with Gasteiger partial charge >= 0.3 is 0 Å². The van der Waals surface area contributed by atoms with Gasteiger partial charge in [-0.2, -0.15) is 16.7 Å². The molecule has 102 valence electrons. The molecule has 0 aromatic carbocycles. The summed E-state index contributed by atoms with van der Waals surface area (Å²) in [6.45, 7) is 4.82. The molecule has 2 atom stereocenters. The smallest absolute Gasteiger partial charge is 0.226 e. The highest BCUT2D eigenvalue weighted by atomic mass is 32.2. The molecule has 0 aliphatic rings. The third kappa shape index (κ3) is 4.70. The molecule has 0 amide bonds. The van der Waals surface area contributed by atoms with Gasteiger partial charge in [-0.25, -0.2) is 4.98 Å². The molecule has 0 fully saturated rings. The van der Waals surface area contributed by atoms with Crippen LogP contribution in [-0.2, 0) is 0 Å². The van der Waals surface area contributed by atoms with Crippen molar-refractivity contribution >= 4 is 17.7 Å². The van der Waals surface area contributed by atoms with Gasteiger partial charge in [0.05, 0.1) is 13.2 Å². The van der Waals surface area contributed by atoms with Gasteiger partial charge in [0.25, 0.3) is 0 Å². The van der Waals surface area contributed by atoms with Crippen molar-refractivity contribution in [1.29, 1.82) is 0 Å². The Labute approximate surface area is 112 Å². The maximum Gasteiger partial charge on any atom is 0.226 e. The number of rotatable bonds is 8. The molecule has 0 bridgehead atoms. The number of aliphatic hydroxyl groups is 1. The predicted molar refractivity (Wildman–Crippen MR) is 75.3 cm³/mol. The van der Waals surface area contributed by atoms with Gasteiger partial charge in [-0.05, 0) is 19.6 Å². The van der Waals surface area contributed by atoms with Crippen LogP contribution in [-0.4, -0.2) is 45.8 Å². The van der Waals surface area contributed by atoms with Crippen molar-refractivity contribution in [1.82, 2.24) is 9.97 Å². The van der Waals surface area contributed by atoms with Gasteiger partial charge in [-0.1, -0.05) is 6.92 Å². The molecule has 0 saturated heterocycles. The fourth-order valence-electron chi connectivity index (χ4n) is 1.43. The summed E-state index contributed by atoms with van der Waals surface area (Å²) in [5.41, 5.74) is 0. The summed E-state index contributed by atoms with van der Waals surface area (Å²) in [5.74, 6) is 1.11. The van der Waals surface area contributed by atoms with E-state index in [0.717, 1.165) is 6.42 Å².